The summed E-state index contributed by atoms with van der Waals surface area (Å²) in [7, 11) is 0. The lowest BCUT2D eigenvalue weighted by Gasteiger charge is -2.25. The highest BCUT2D eigenvalue weighted by atomic mass is 32.1. The van der Waals surface area contributed by atoms with Crippen LogP contribution in [0.2, 0.25) is 0 Å². The first-order chi connectivity index (χ1) is 12.2. The number of hydrogen-bond donors (Lipinski definition) is 0. The van der Waals surface area contributed by atoms with E-state index in [0.29, 0.717) is 5.92 Å². The average Bonchev–Trinajstić information content (AvgIpc) is 2.98. The third kappa shape index (κ3) is 2.52. The van der Waals surface area contributed by atoms with E-state index in [1.54, 1.807) is 12.1 Å². The Morgan fingerprint density at radius 2 is 2.00 bits per heavy atom. The van der Waals surface area contributed by atoms with Crippen LogP contribution < -0.4 is 0 Å². The quantitative estimate of drug-likeness (QED) is 0.516. The zero-order chi connectivity index (χ0) is 17.0. The van der Waals surface area contributed by atoms with Crippen molar-refractivity contribution in [3.05, 3.63) is 51.8 Å². The molecule has 0 bridgehead atoms. The van der Waals surface area contributed by atoms with E-state index in [2.05, 4.69) is 13.0 Å². The van der Waals surface area contributed by atoms with Gasteiger partial charge in [-0.3, -0.25) is 0 Å². The van der Waals surface area contributed by atoms with Gasteiger partial charge in [0.05, 0.1) is 0 Å². The molecule has 0 saturated carbocycles. The number of hydrogen-bond acceptors (Lipinski definition) is 2. The fourth-order valence-corrected chi connectivity index (χ4v) is 5.89. The fourth-order valence-electron chi connectivity index (χ4n) is 4.60. The molecule has 2 aliphatic carbocycles. The van der Waals surface area contributed by atoms with Crippen molar-refractivity contribution in [3.63, 3.8) is 0 Å². The highest BCUT2D eigenvalue weighted by Crippen LogP contribution is 2.45. The minimum atomic E-state index is -0.149. The van der Waals surface area contributed by atoms with Crippen molar-refractivity contribution in [3.8, 4) is 11.1 Å². The topological polar surface area (TPSA) is 12.9 Å². The second kappa shape index (κ2) is 5.91. The van der Waals surface area contributed by atoms with Crippen LogP contribution in [0.4, 0.5) is 4.39 Å². The van der Waals surface area contributed by atoms with Gasteiger partial charge in [-0.05, 0) is 85.3 Å². The molecule has 0 N–H and O–H groups in total. The van der Waals surface area contributed by atoms with E-state index in [0.717, 1.165) is 24.8 Å². The molecule has 0 amide bonds. The van der Waals surface area contributed by atoms with E-state index in [9.17, 15) is 4.39 Å². The molecule has 1 aromatic carbocycles. The molecule has 1 unspecified atom stereocenters. The maximum absolute atomic E-state index is 14.0. The van der Waals surface area contributed by atoms with Gasteiger partial charge in [-0.2, -0.15) is 0 Å². The summed E-state index contributed by atoms with van der Waals surface area (Å²) in [4.78, 5) is 7.78. The smallest absolute Gasteiger partial charge is 0.124 e. The Hall–Kier alpha value is -1.74. The monoisotopic (exact) mass is 351 g/mol. The van der Waals surface area contributed by atoms with Crippen LogP contribution in [0.15, 0.2) is 24.3 Å². The molecule has 1 atom stereocenters. The summed E-state index contributed by atoms with van der Waals surface area (Å²) in [5.74, 6) is 0.526. The van der Waals surface area contributed by atoms with E-state index >= 15 is 0 Å². The zero-order valence-electron chi connectivity index (χ0n) is 14.6. The minimum absolute atomic E-state index is 0.149. The standard InChI is InChI=1S/C22H22FNS/c1-13-9-10-18-17(11-13)20(14-5-4-6-15(23)12-14)21-16-7-2-3-8-19(16)25-22(21)24-18/h4-6,12-13H,2-3,7-11H2,1H3. The molecule has 0 saturated heterocycles. The summed E-state index contributed by atoms with van der Waals surface area (Å²) in [5.41, 5.74) is 6.44. The van der Waals surface area contributed by atoms with E-state index in [1.807, 2.05) is 17.4 Å². The first-order valence-electron chi connectivity index (χ1n) is 9.42. The molecule has 1 nitrogen and oxygen atoms in total. The number of benzene rings is 1. The lowest BCUT2D eigenvalue weighted by Crippen LogP contribution is -2.14. The fraction of sp³-hybridized carbons (Fsp3) is 0.409. The van der Waals surface area contributed by atoms with Crippen LogP contribution in [0.25, 0.3) is 21.3 Å². The summed E-state index contributed by atoms with van der Waals surface area (Å²) in [6.07, 6.45) is 8.19. The largest absolute Gasteiger partial charge is 0.242 e. The van der Waals surface area contributed by atoms with Crippen molar-refractivity contribution in [1.29, 1.82) is 0 Å². The van der Waals surface area contributed by atoms with Gasteiger partial charge in [0.1, 0.15) is 10.6 Å². The SMILES string of the molecule is CC1CCc2nc3sc4c(c3c(-c3cccc(F)c3)c2C1)CCCC4. The zero-order valence-corrected chi connectivity index (χ0v) is 15.4. The predicted molar refractivity (Wildman–Crippen MR) is 103 cm³/mol. The van der Waals surface area contributed by atoms with Gasteiger partial charge in [0.2, 0.25) is 0 Å². The predicted octanol–water partition coefficient (Wildman–Crippen LogP) is 6.11. The maximum Gasteiger partial charge on any atom is 0.124 e. The van der Waals surface area contributed by atoms with Crippen LogP contribution in [0.5, 0.6) is 0 Å². The summed E-state index contributed by atoms with van der Waals surface area (Å²) in [6.45, 7) is 2.32. The molecule has 2 aliphatic rings. The van der Waals surface area contributed by atoms with E-state index in [-0.39, 0.29) is 5.82 Å². The Balaban J connectivity index is 1.88. The van der Waals surface area contributed by atoms with Crippen molar-refractivity contribution >= 4 is 21.6 Å². The molecular formula is C22H22FNS. The number of pyridine rings is 1. The molecule has 2 heterocycles. The molecule has 25 heavy (non-hydrogen) atoms. The van der Waals surface area contributed by atoms with Gasteiger partial charge in [0.15, 0.2) is 0 Å². The molecule has 0 fully saturated rings. The molecule has 0 radical (unpaired) electrons. The van der Waals surface area contributed by atoms with Gasteiger partial charge in [-0.15, -0.1) is 11.3 Å². The average molecular weight is 351 g/mol. The minimum Gasteiger partial charge on any atom is -0.242 e. The van der Waals surface area contributed by atoms with Gasteiger partial charge < -0.3 is 0 Å². The Labute approximate surface area is 151 Å². The summed E-state index contributed by atoms with van der Waals surface area (Å²) >= 11 is 1.88. The Kier molecular flexibility index (Phi) is 3.67. The number of halogens is 1. The second-order valence-electron chi connectivity index (χ2n) is 7.66. The summed E-state index contributed by atoms with van der Waals surface area (Å²) < 4.78 is 14.0. The molecule has 2 aromatic heterocycles. The molecular weight excluding hydrogens is 329 g/mol. The maximum atomic E-state index is 14.0. The van der Waals surface area contributed by atoms with Crippen molar-refractivity contribution in [2.75, 3.05) is 0 Å². The number of aromatic nitrogens is 1. The highest BCUT2D eigenvalue weighted by Gasteiger charge is 2.27. The van der Waals surface area contributed by atoms with Gasteiger partial charge in [-0.1, -0.05) is 19.1 Å². The van der Waals surface area contributed by atoms with Crippen molar-refractivity contribution in [2.45, 2.75) is 51.9 Å². The van der Waals surface area contributed by atoms with Crippen molar-refractivity contribution in [1.82, 2.24) is 4.98 Å². The first-order valence-corrected chi connectivity index (χ1v) is 10.2. The number of aryl methyl sites for hydroxylation is 3. The third-order valence-electron chi connectivity index (χ3n) is 5.83. The third-order valence-corrected chi connectivity index (χ3v) is 7.01. The number of rotatable bonds is 1. The lowest BCUT2D eigenvalue weighted by atomic mass is 9.81. The molecule has 3 aromatic rings. The van der Waals surface area contributed by atoms with Crippen LogP contribution in [0.1, 0.15) is 47.9 Å². The van der Waals surface area contributed by atoms with Crippen LogP contribution in [0.3, 0.4) is 0 Å². The van der Waals surface area contributed by atoms with Crippen LogP contribution >= 0.6 is 11.3 Å². The van der Waals surface area contributed by atoms with Gasteiger partial charge >= 0.3 is 0 Å². The number of fused-ring (bicyclic) bond motifs is 4. The van der Waals surface area contributed by atoms with Crippen LogP contribution in [-0.2, 0) is 25.7 Å². The van der Waals surface area contributed by atoms with E-state index in [1.165, 1.54) is 63.2 Å². The highest BCUT2D eigenvalue weighted by molar-refractivity contribution is 7.19. The van der Waals surface area contributed by atoms with Crippen molar-refractivity contribution < 1.29 is 4.39 Å². The summed E-state index contributed by atoms with van der Waals surface area (Å²) in [6, 6.07) is 7.17. The van der Waals surface area contributed by atoms with Gasteiger partial charge in [-0.25, -0.2) is 9.37 Å². The number of thiophene rings is 1. The Morgan fingerprint density at radius 3 is 2.88 bits per heavy atom. The lowest BCUT2D eigenvalue weighted by molar-refractivity contribution is 0.496. The van der Waals surface area contributed by atoms with Crippen LogP contribution in [-0.4, -0.2) is 4.98 Å². The van der Waals surface area contributed by atoms with Gasteiger partial charge in [0, 0.05) is 16.0 Å². The molecule has 5 rings (SSSR count). The van der Waals surface area contributed by atoms with E-state index < -0.39 is 0 Å². The normalized spacial score (nSPS) is 19.7. The van der Waals surface area contributed by atoms with Gasteiger partial charge in [0.25, 0.3) is 0 Å². The summed E-state index contributed by atoms with van der Waals surface area (Å²) in [5, 5.41) is 1.33. The molecule has 0 aliphatic heterocycles. The Bertz CT molecular complexity index is 972. The number of nitrogens with zero attached hydrogens (tertiary/aromatic N) is 1. The Morgan fingerprint density at radius 1 is 1.12 bits per heavy atom. The second-order valence-corrected chi connectivity index (χ2v) is 8.75. The van der Waals surface area contributed by atoms with Crippen molar-refractivity contribution in [2.24, 2.45) is 5.92 Å². The van der Waals surface area contributed by atoms with E-state index in [4.69, 9.17) is 4.98 Å². The molecule has 128 valence electrons. The first kappa shape index (κ1) is 15.5. The van der Waals surface area contributed by atoms with Crippen LogP contribution in [0, 0.1) is 11.7 Å². The molecule has 3 heteroatoms. The molecule has 0 spiro atoms.